The summed E-state index contributed by atoms with van der Waals surface area (Å²) in [6.45, 7) is 2.26. The molecule has 0 aromatic heterocycles. The largest absolute Gasteiger partial charge is 0.0798 e. The fourth-order valence-corrected chi connectivity index (χ4v) is 3.05. The minimum Gasteiger partial charge on any atom is -0.0798 e. The van der Waals surface area contributed by atoms with Crippen LogP contribution in [0.3, 0.4) is 0 Å². The Hall–Kier alpha value is -1.37. The van der Waals surface area contributed by atoms with E-state index >= 15 is 0 Å². The van der Waals surface area contributed by atoms with Gasteiger partial charge in [0.1, 0.15) is 0 Å². The van der Waals surface area contributed by atoms with Crippen molar-refractivity contribution >= 4 is 5.57 Å². The molecule has 0 atom stereocenters. The van der Waals surface area contributed by atoms with Crippen LogP contribution in [0.4, 0.5) is 0 Å². The first kappa shape index (κ1) is 17.0. The number of unbranched alkanes of at least 4 members (excludes halogenated alkanes) is 1. The van der Waals surface area contributed by atoms with Gasteiger partial charge < -0.3 is 0 Å². The first-order chi connectivity index (χ1) is 10.4. The summed E-state index contributed by atoms with van der Waals surface area (Å²) >= 11 is 0. The van der Waals surface area contributed by atoms with E-state index in [1.54, 1.807) is 0 Å². The zero-order valence-corrected chi connectivity index (χ0v) is 14.7. The normalized spacial score (nSPS) is 13.3. The van der Waals surface area contributed by atoms with E-state index in [0.29, 0.717) is 0 Å². The molecule has 0 nitrogen and oxygen atoms in total. The molecule has 0 saturated heterocycles. The summed E-state index contributed by atoms with van der Waals surface area (Å²) in [4.78, 5) is 0. The molecule has 0 radical (unpaired) electrons. The molecule has 0 aliphatic heterocycles. The summed E-state index contributed by atoms with van der Waals surface area (Å²) in [6.07, 6.45) is 9.44. The number of allylic oxidation sites excluding steroid dienone is 4. The van der Waals surface area contributed by atoms with E-state index in [2.05, 4.69) is 73.7 Å². The second-order valence-corrected chi connectivity index (χ2v) is 5.63. The Bertz CT molecular complexity index is 665. The van der Waals surface area contributed by atoms with E-state index in [4.69, 9.17) is 0 Å². The molecule has 1 heteroatoms. The molecule has 2 aromatic carbocycles. The van der Waals surface area contributed by atoms with E-state index in [1.165, 1.54) is 47.1 Å². The Morgan fingerprint density at radius 2 is 1.55 bits per heavy atom. The second-order valence-electron chi connectivity index (χ2n) is 5.63. The number of hydrogen-bond acceptors (Lipinski definition) is 0. The third kappa shape index (κ3) is 3.69. The molecule has 0 fully saturated rings. The SMILES string of the molecule is CCCCC1=C(c2ccccc2-c2ccccc2)CC=C1.[Ti]. The molecule has 0 spiro atoms. The van der Waals surface area contributed by atoms with Crippen molar-refractivity contribution in [2.24, 2.45) is 0 Å². The summed E-state index contributed by atoms with van der Waals surface area (Å²) in [7, 11) is 0. The minimum absolute atomic E-state index is 0. The van der Waals surface area contributed by atoms with E-state index in [9.17, 15) is 0 Å². The van der Waals surface area contributed by atoms with E-state index < -0.39 is 0 Å². The van der Waals surface area contributed by atoms with Crippen LogP contribution in [0.2, 0.25) is 0 Å². The maximum Gasteiger partial charge on any atom is 0 e. The molecule has 3 rings (SSSR count). The van der Waals surface area contributed by atoms with Crippen LogP contribution in [0.1, 0.15) is 38.2 Å². The fraction of sp³-hybridized carbons (Fsp3) is 0.238. The molecular weight excluding hydrogens is 300 g/mol. The molecule has 2 aromatic rings. The molecule has 0 N–H and O–H groups in total. The number of hydrogen-bond donors (Lipinski definition) is 0. The van der Waals surface area contributed by atoms with E-state index in [-0.39, 0.29) is 21.7 Å². The van der Waals surface area contributed by atoms with Crippen molar-refractivity contribution < 1.29 is 21.7 Å². The van der Waals surface area contributed by atoms with Crippen LogP contribution < -0.4 is 0 Å². The first-order valence-corrected chi connectivity index (χ1v) is 7.93. The van der Waals surface area contributed by atoms with Gasteiger partial charge in [0.25, 0.3) is 0 Å². The predicted octanol–water partition coefficient (Wildman–Crippen LogP) is 6.25. The molecule has 0 bridgehead atoms. The van der Waals surface area contributed by atoms with Gasteiger partial charge in [-0.1, -0.05) is 80.1 Å². The Morgan fingerprint density at radius 3 is 2.27 bits per heavy atom. The van der Waals surface area contributed by atoms with Crippen LogP contribution in [-0.2, 0) is 21.7 Å². The summed E-state index contributed by atoms with van der Waals surface area (Å²) < 4.78 is 0. The average molecular weight is 322 g/mol. The maximum atomic E-state index is 2.33. The molecule has 22 heavy (non-hydrogen) atoms. The smallest absolute Gasteiger partial charge is 0 e. The first-order valence-electron chi connectivity index (χ1n) is 7.93. The number of rotatable bonds is 5. The summed E-state index contributed by atoms with van der Waals surface area (Å²) in [5.41, 5.74) is 7.11. The predicted molar refractivity (Wildman–Crippen MR) is 92.1 cm³/mol. The van der Waals surface area contributed by atoms with Crippen molar-refractivity contribution in [3.8, 4) is 11.1 Å². The van der Waals surface area contributed by atoms with Gasteiger partial charge in [-0.3, -0.25) is 0 Å². The van der Waals surface area contributed by atoms with Crippen LogP contribution in [0.25, 0.3) is 16.7 Å². The summed E-state index contributed by atoms with van der Waals surface area (Å²) in [5.74, 6) is 0. The van der Waals surface area contributed by atoms with Gasteiger partial charge >= 0.3 is 0 Å². The molecular formula is C21H22Ti. The molecule has 0 amide bonds. The van der Waals surface area contributed by atoms with E-state index in [0.717, 1.165) is 6.42 Å². The van der Waals surface area contributed by atoms with Gasteiger partial charge in [-0.2, -0.15) is 0 Å². The summed E-state index contributed by atoms with van der Waals surface area (Å²) in [5, 5.41) is 0. The van der Waals surface area contributed by atoms with Crippen LogP contribution in [-0.4, -0.2) is 0 Å². The molecule has 0 unspecified atom stereocenters. The Labute approximate surface area is 148 Å². The van der Waals surface area contributed by atoms with E-state index in [1.807, 2.05) is 0 Å². The monoisotopic (exact) mass is 322 g/mol. The van der Waals surface area contributed by atoms with Gasteiger partial charge in [0.05, 0.1) is 0 Å². The van der Waals surface area contributed by atoms with Gasteiger partial charge in [-0.25, -0.2) is 0 Å². The minimum atomic E-state index is 0. The Kier molecular flexibility index (Phi) is 6.42. The van der Waals surface area contributed by atoms with Gasteiger partial charge in [0.15, 0.2) is 0 Å². The zero-order valence-electron chi connectivity index (χ0n) is 13.2. The fourth-order valence-electron chi connectivity index (χ4n) is 3.05. The van der Waals surface area contributed by atoms with Crippen LogP contribution in [0.5, 0.6) is 0 Å². The molecule has 0 saturated carbocycles. The van der Waals surface area contributed by atoms with Gasteiger partial charge in [0.2, 0.25) is 0 Å². The van der Waals surface area contributed by atoms with Crippen molar-refractivity contribution in [2.75, 3.05) is 0 Å². The maximum absolute atomic E-state index is 2.33. The number of benzene rings is 2. The van der Waals surface area contributed by atoms with Crippen molar-refractivity contribution in [1.82, 2.24) is 0 Å². The van der Waals surface area contributed by atoms with Crippen molar-refractivity contribution in [1.29, 1.82) is 0 Å². The van der Waals surface area contributed by atoms with Gasteiger partial charge in [0, 0.05) is 21.7 Å². The average Bonchev–Trinajstić information content (AvgIpc) is 3.02. The van der Waals surface area contributed by atoms with Crippen LogP contribution in [0.15, 0.2) is 72.3 Å². The van der Waals surface area contributed by atoms with Crippen LogP contribution >= 0.6 is 0 Å². The quantitative estimate of drug-likeness (QED) is 0.570. The van der Waals surface area contributed by atoms with Crippen molar-refractivity contribution in [3.05, 3.63) is 77.9 Å². The molecule has 1 aliphatic rings. The van der Waals surface area contributed by atoms with Crippen molar-refractivity contribution in [3.63, 3.8) is 0 Å². The Morgan fingerprint density at radius 1 is 0.864 bits per heavy atom. The third-order valence-electron chi connectivity index (χ3n) is 4.17. The third-order valence-corrected chi connectivity index (χ3v) is 4.17. The molecule has 0 heterocycles. The van der Waals surface area contributed by atoms with Gasteiger partial charge in [-0.15, -0.1) is 0 Å². The Balaban J connectivity index is 0.00000176. The standard InChI is InChI=1S/C21H22.Ti/c1-2-3-10-17-13-9-16-20(17)21-15-8-7-14-19(21)18-11-5-4-6-12-18;/h4-9,11-15H,2-3,10,16H2,1H3;. The molecule has 1 aliphatic carbocycles. The van der Waals surface area contributed by atoms with Crippen molar-refractivity contribution in [2.45, 2.75) is 32.6 Å². The zero-order chi connectivity index (χ0) is 14.5. The summed E-state index contributed by atoms with van der Waals surface area (Å²) in [6, 6.07) is 19.5. The molecule has 110 valence electrons. The second kappa shape index (κ2) is 8.32. The van der Waals surface area contributed by atoms with Gasteiger partial charge in [-0.05, 0) is 47.1 Å². The van der Waals surface area contributed by atoms with Crippen LogP contribution in [0, 0.1) is 0 Å². The topological polar surface area (TPSA) is 0 Å².